The van der Waals surface area contributed by atoms with Crippen molar-refractivity contribution in [3.63, 3.8) is 0 Å². The number of carbonyl (C=O) groups is 2. The number of nitrogens with one attached hydrogen (secondary N) is 1. The lowest BCUT2D eigenvalue weighted by atomic mass is 9.84. The van der Waals surface area contributed by atoms with E-state index in [1.54, 1.807) is 48.5 Å². The summed E-state index contributed by atoms with van der Waals surface area (Å²) < 4.78 is 5.45. The Morgan fingerprint density at radius 1 is 0.893 bits per heavy atom. The number of fused-ring (bicyclic) bond motifs is 1. The third-order valence-electron chi connectivity index (χ3n) is 5.11. The maximum atomic E-state index is 13.5. The van der Waals surface area contributed by atoms with Gasteiger partial charge in [0.05, 0.1) is 12.8 Å². The molecule has 0 aromatic heterocycles. The van der Waals surface area contributed by atoms with Crippen molar-refractivity contribution in [3.05, 3.63) is 94.0 Å². The molecule has 0 radical (unpaired) electrons. The molecule has 1 aliphatic carbocycles. The minimum Gasteiger partial charge on any atom is -0.495 e. The molecule has 0 aliphatic heterocycles. The molecule has 4 rings (SSSR count). The predicted octanol–water partition coefficient (Wildman–Crippen LogP) is 5.04. The van der Waals surface area contributed by atoms with E-state index in [9.17, 15) is 9.59 Å². The van der Waals surface area contributed by atoms with Crippen molar-refractivity contribution in [1.29, 1.82) is 0 Å². The van der Waals surface area contributed by atoms with Gasteiger partial charge in [-0.2, -0.15) is 0 Å². The highest BCUT2D eigenvalue weighted by atomic mass is 35.5. The molecule has 0 amide bonds. The van der Waals surface area contributed by atoms with Gasteiger partial charge in [-0.1, -0.05) is 66.2 Å². The Hall–Kier alpha value is -3.11. The number of ketones is 2. The number of carbonyl (C=O) groups excluding carboxylic acids is 2. The Morgan fingerprint density at radius 2 is 1.46 bits per heavy atom. The molecule has 140 valence electrons. The number of halogens is 1. The second kappa shape index (κ2) is 6.80. The van der Waals surface area contributed by atoms with Crippen LogP contribution >= 0.6 is 11.6 Å². The van der Waals surface area contributed by atoms with E-state index >= 15 is 0 Å². The topological polar surface area (TPSA) is 55.4 Å². The summed E-state index contributed by atoms with van der Waals surface area (Å²) in [6, 6.07) is 19.4. The van der Waals surface area contributed by atoms with Crippen LogP contribution in [0.1, 0.15) is 31.8 Å². The first-order valence-electron chi connectivity index (χ1n) is 8.85. The van der Waals surface area contributed by atoms with Crippen LogP contribution in [0.5, 0.6) is 5.75 Å². The molecule has 0 spiro atoms. The number of benzene rings is 3. The summed E-state index contributed by atoms with van der Waals surface area (Å²) in [4.78, 5) is 27.1. The van der Waals surface area contributed by atoms with Crippen LogP contribution in [0, 0.1) is 6.92 Å². The monoisotopic (exact) mass is 391 g/mol. The van der Waals surface area contributed by atoms with Crippen LogP contribution in [-0.2, 0) is 5.54 Å². The summed E-state index contributed by atoms with van der Waals surface area (Å²) in [6.07, 6.45) is 0. The standard InChI is InChI=1S/C23H18ClNO3/c1-14-12-19(20(28-2)13-18(14)24)25-23(15-8-4-3-5-9-15)21(26)16-10-6-7-11-17(16)22(23)27/h3-13,25H,1-2H3. The van der Waals surface area contributed by atoms with E-state index in [1.807, 2.05) is 25.1 Å². The van der Waals surface area contributed by atoms with Crippen LogP contribution in [0.2, 0.25) is 5.02 Å². The average molecular weight is 392 g/mol. The summed E-state index contributed by atoms with van der Waals surface area (Å²) in [5.74, 6) is -0.106. The number of hydrogen-bond acceptors (Lipinski definition) is 4. The molecule has 0 atom stereocenters. The normalized spacial score (nSPS) is 14.7. The highest BCUT2D eigenvalue weighted by Crippen LogP contribution is 2.43. The molecule has 0 unspecified atom stereocenters. The minimum atomic E-state index is -1.56. The number of methoxy groups -OCH3 is 1. The van der Waals surface area contributed by atoms with Crippen molar-refractivity contribution in [1.82, 2.24) is 0 Å². The lowest BCUT2D eigenvalue weighted by Gasteiger charge is -2.30. The first-order chi connectivity index (χ1) is 13.5. The maximum Gasteiger partial charge on any atom is 0.201 e. The summed E-state index contributed by atoms with van der Waals surface area (Å²) in [5, 5.41) is 3.77. The number of anilines is 1. The minimum absolute atomic E-state index is 0.283. The largest absolute Gasteiger partial charge is 0.495 e. The Morgan fingerprint density at radius 3 is 2.04 bits per heavy atom. The van der Waals surface area contributed by atoms with Crippen LogP contribution in [0.25, 0.3) is 0 Å². The van der Waals surface area contributed by atoms with E-state index in [-0.39, 0.29) is 11.6 Å². The van der Waals surface area contributed by atoms with E-state index in [2.05, 4.69) is 5.32 Å². The van der Waals surface area contributed by atoms with E-state index in [4.69, 9.17) is 16.3 Å². The van der Waals surface area contributed by atoms with E-state index < -0.39 is 5.54 Å². The first kappa shape index (κ1) is 18.3. The van der Waals surface area contributed by atoms with Crippen LogP contribution in [0.15, 0.2) is 66.7 Å². The van der Waals surface area contributed by atoms with Gasteiger partial charge in [0.15, 0.2) is 5.54 Å². The van der Waals surface area contributed by atoms with Crippen molar-refractivity contribution >= 4 is 28.9 Å². The average Bonchev–Trinajstić information content (AvgIpc) is 2.94. The third-order valence-corrected chi connectivity index (χ3v) is 5.51. The molecular formula is C23H18ClNO3. The predicted molar refractivity (Wildman–Crippen MR) is 110 cm³/mol. The molecule has 1 aliphatic rings. The zero-order valence-corrected chi connectivity index (χ0v) is 16.2. The van der Waals surface area contributed by atoms with Crippen molar-refractivity contribution in [2.24, 2.45) is 0 Å². The van der Waals surface area contributed by atoms with Gasteiger partial charge in [0.25, 0.3) is 0 Å². The number of Topliss-reactive ketones (excluding diaryl/α,β-unsaturated/α-hetero) is 2. The quantitative estimate of drug-likeness (QED) is 0.633. The highest BCUT2D eigenvalue weighted by Gasteiger charge is 2.54. The fraction of sp³-hybridized carbons (Fsp3) is 0.130. The fourth-order valence-corrected chi connectivity index (χ4v) is 3.81. The van der Waals surface area contributed by atoms with Crippen LogP contribution in [0.4, 0.5) is 5.69 Å². The Kier molecular flexibility index (Phi) is 4.44. The summed E-state index contributed by atoms with van der Waals surface area (Å²) in [7, 11) is 1.52. The van der Waals surface area contributed by atoms with Crippen molar-refractivity contribution < 1.29 is 14.3 Å². The van der Waals surface area contributed by atoms with Gasteiger partial charge in [0.1, 0.15) is 5.75 Å². The Bertz CT molecular complexity index is 1060. The van der Waals surface area contributed by atoms with Crippen molar-refractivity contribution in [2.75, 3.05) is 12.4 Å². The number of hydrogen-bond donors (Lipinski definition) is 1. The molecule has 3 aromatic rings. The molecule has 0 saturated carbocycles. The van der Waals surface area contributed by atoms with Crippen molar-refractivity contribution in [2.45, 2.75) is 12.5 Å². The van der Waals surface area contributed by atoms with Gasteiger partial charge in [0, 0.05) is 22.2 Å². The third kappa shape index (κ3) is 2.60. The Labute approximate surface area is 168 Å². The van der Waals surface area contributed by atoms with Gasteiger partial charge in [-0.15, -0.1) is 0 Å². The Balaban J connectivity index is 1.95. The molecule has 0 saturated heterocycles. The molecule has 0 heterocycles. The number of aryl methyl sites for hydroxylation is 1. The van der Waals surface area contributed by atoms with Crippen molar-refractivity contribution in [3.8, 4) is 5.75 Å². The summed E-state index contributed by atoms with van der Waals surface area (Å²) >= 11 is 6.22. The summed E-state index contributed by atoms with van der Waals surface area (Å²) in [5.41, 5.74) is 1.18. The summed E-state index contributed by atoms with van der Waals surface area (Å²) in [6.45, 7) is 1.86. The van der Waals surface area contributed by atoms with E-state index in [0.717, 1.165) is 5.56 Å². The molecule has 4 nitrogen and oxygen atoms in total. The lowest BCUT2D eigenvalue weighted by molar-refractivity contribution is 0.0818. The molecular weight excluding hydrogens is 374 g/mol. The smallest absolute Gasteiger partial charge is 0.201 e. The second-order valence-electron chi connectivity index (χ2n) is 6.75. The molecule has 3 aromatic carbocycles. The second-order valence-corrected chi connectivity index (χ2v) is 7.15. The van der Waals surface area contributed by atoms with E-state index in [0.29, 0.717) is 33.1 Å². The molecule has 28 heavy (non-hydrogen) atoms. The van der Waals surface area contributed by atoms with Crippen LogP contribution < -0.4 is 10.1 Å². The number of rotatable bonds is 4. The zero-order chi connectivity index (χ0) is 19.9. The lowest BCUT2D eigenvalue weighted by Crippen LogP contribution is -2.46. The maximum absolute atomic E-state index is 13.5. The van der Waals surface area contributed by atoms with E-state index in [1.165, 1.54) is 7.11 Å². The van der Waals surface area contributed by atoms with Gasteiger partial charge in [0.2, 0.25) is 11.6 Å². The number of ether oxygens (including phenoxy) is 1. The molecule has 1 N–H and O–H groups in total. The first-order valence-corrected chi connectivity index (χ1v) is 9.23. The molecule has 0 fully saturated rings. The van der Waals surface area contributed by atoms with Gasteiger partial charge in [-0.3, -0.25) is 9.59 Å². The molecule has 5 heteroatoms. The van der Waals surface area contributed by atoms with Gasteiger partial charge in [-0.05, 0) is 24.1 Å². The highest BCUT2D eigenvalue weighted by molar-refractivity contribution is 6.34. The fourth-order valence-electron chi connectivity index (χ4n) is 3.65. The molecule has 0 bridgehead atoms. The van der Waals surface area contributed by atoms with Gasteiger partial charge >= 0.3 is 0 Å². The van der Waals surface area contributed by atoms with Crippen LogP contribution in [-0.4, -0.2) is 18.7 Å². The van der Waals surface area contributed by atoms with Crippen LogP contribution in [0.3, 0.4) is 0 Å². The SMILES string of the molecule is COc1cc(Cl)c(C)cc1NC1(c2ccccc2)C(=O)c2ccccc2C1=O. The zero-order valence-electron chi connectivity index (χ0n) is 15.5. The van der Waals surface area contributed by atoms with Gasteiger partial charge in [-0.25, -0.2) is 0 Å². The van der Waals surface area contributed by atoms with Gasteiger partial charge < -0.3 is 10.1 Å².